The van der Waals surface area contributed by atoms with Gasteiger partial charge in [0.25, 0.3) is 5.91 Å². The topological polar surface area (TPSA) is 45.6 Å². The number of carbonyl (C=O) groups excluding carboxylic acids is 2. The third-order valence-electron chi connectivity index (χ3n) is 6.16. The SMILES string of the molecule is Cc1ccc2c(c1)cc(C(=O)N1CC[C@@H](C(=O)N3CCCCCC3)C1)n2C. The summed E-state index contributed by atoms with van der Waals surface area (Å²) in [5.41, 5.74) is 2.97. The van der Waals surface area contributed by atoms with Crippen LogP contribution in [0.4, 0.5) is 0 Å². The summed E-state index contributed by atoms with van der Waals surface area (Å²) >= 11 is 0. The molecular weight excluding hydrogens is 338 g/mol. The second-order valence-electron chi connectivity index (χ2n) is 8.13. The van der Waals surface area contributed by atoms with Crippen molar-refractivity contribution in [2.75, 3.05) is 26.2 Å². The van der Waals surface area contributed by atoms with Gasteiger partial charge in [0.2, 0.25) is 5.91 Å². The van der Waals surface area contributed by atoms with Crippen LogP contribution in [0.15, 0.2) is 24.3 Å². The predicted octanol–water partition coefficient (Wildman–Crippen LogP) is 3.35. The van der Waals surface area contributed by atoms with Crippen molar-refractivity contribution in [2.45, 2.75) is 39.0 Å². The summed E-state index contributed by atoms with van der Waals surface area (Å²) in [6.45, 7) is 5.05. The average Bonchev–Trinajstić information content (AvgIpc) is 3.16. The van der Waals surface area contributed by atoms with Crippen molar-refractivity contribution in [2.24, 2.45) is 13.0 Å². The first-order chi connectivity index (χ1) is 13.0. The van der Waals surface area contributed by atoms with Crippen LogP contribution in [0.2, 0.25) is 0 Å². The highest BCUT2D eigenvalue weighted by Gasteiger charge is 2.34. The molecule has 1 aromatic heterocycles. The monoisotopic (exact) mass is 367 g/mol. The summed E-state index contributed by atoms with van der Waals surface area (Å²) in [4.78, 5) is 29.9. The number of carbonyl (C=O) groups is 2. The van der Waals surface area contributed by atoms with Gasteiger partial charge in [-0.15, -0.1) is 0 Å². The number of fused-ring (bicyclic) bond motifs is 1. The summed E-state index contributed by atoms with van der Waals surface area (Å²) in [6, 6.07) is 8.23. The van der Waals surface area contributed by atoms with Crippen LogP contribution in [0.1, 0.15) is 48.2 Å². The van der Waals surface area contributed by atoms with Crippen LogP contribution in [0.25, 0.3) is 10.9 Å². The molecular formula is C22H29N3O2. The third kappa shape index (κ3) is 3.47. The molecule has 0 radical (unpaired) electrons. The molecule has 0 spiro atoms. The van der Waals surface area contributed by atoms with E-state index in [1.165, 1.54) is 18.4 Å². The van der Waals surface area contributed by atoms with E-state index in [4.69, 9.17) is 0 Å². The molecule has 2 saturated heterocycles. The van der Waals surface area contributed by atoms with Crippen LogP contribution in [0.3, 0.4) is 0 Å². The lowest BCUT2D eigenvalue weighted by atomic mass is 10.1. The molecule has 2 aromatic rings. The number of amides is 2. The molecule has 144 valence electrons. The fourth-order valence-electron chi connectivity index (χ4n) is 4.53. The van der Waals surface area contributed by atoms with Crippen molar-refractivity contribution < 1.29 is 9.59 Å². The van der Waals surface area contributed by atoms with E-state index in [2.05, 4.69) is 25.1 Å². The maximum atomic E-state index is 13.1. The lowest BCUT2D eigenvalue weighted by Crippen LogP contribution is -2.39. The van der Waals surface area contributed by atoms with Gasteiger partial charge in [-0.05, 0) is 44.4 Å². The van der Waals surface area contributed by atoms with E-state index < -0.39 is 0 Å². The number of aryl methyl sites for hydroxylation is 2. The standard InChI is InChI=1S/C22H29N3O2/c1-16-7-8-19-18(13-16)14-20(23(19)2)22(27)25-12-9-17(15-25)21(26)24-10-5-3-4-6-11-24/h7-8,13-14,17H,3-6,9-12,15H2,1-2H3/t17-/m1/s1. The Bertz CT molecular complexity index is 862. The molecule has 5 nitrogen and oxygen atoms in total. The molecule has 2 amide bonds. The molecule has 2 aliphatic heterocycles. The molecule has 1 atom stereocenters. The first-order valence-corrected chi connectivity index (χ1v) is 10.2. The molecule has 27 heavy (non-hydrogen) atoms. The van der Waals surface area contributed by atoms with E-state index >= 15 is 0 Å². The molecule has 0 N–H and O–H groups in total. The normalized spacial score (nSPS) is 20.9. The largest absolute Gasteiger partial charge is 0.342 e. The van der Waals surface area contributed by atoms with E-state index in [0.717, 1.165) is 43.3 Å². The zero-order valence-electron chi connectivity index (χ0n) is 16.4. The van der Waals surface area contributed by atoms with Crippen LogP contribution < -0.4 is 0 Å². The number of hydrogen-bond acceptors (Lipinski definition) is 2. The fraction of sp³-hybridized carbons (Fsp3) is 0.545. The van der Waals surface area contributed by atoms with Crippen LogP contribution in [0, 0.1) is 12.8 Å². The second-order valence-corrected chi connectivity index (χ2v) is 8.13. The summed E-state index contributed by atoms with van der Waals surface area (Å²) in [5.74, 6) is 0.251. The lowest BCUT2D eigenvalue weighted by molar-refractivity contribution is -0.135. The highest BCUT2D eigenvalue weighted by atomic mass is 16.2. The molecule has 0 aliphatic carbocycles. The Morgan fingerprint density at radius 1 is 0.963 bits per heavy atom. The lowest BCUT2D eigenvalue weighted by Gasteiger charge is -2.24. The zero-order chi connectivity index (χ0) is 19.0. The minimum absolute atomic E-state index is 0.0380. The number of likely N-dealkylation sites (tertiary alicyclic amines) is 2. The third-order valence-corrected chi connectivity index (χ3v) is 6.16. The van der Waals surface area contributed by atoms with Gasteiger partial charge in [0.15, 0.2) is 0 Å². The van der Waals surface area contributed by atoms with Gasteiger partial charge in [0.1, 0.15) is 5.69 Å². The molecule has 2 fully saturated rings. The van der Waals surface area contributed by atoms with E-state index in [9.17, 15) is 9.59 Å². The van der Waals surface area contributed by atoms with Crippen LogP contribution in [-0.2, 0) is 11.8 Å². The number of nitrogens with zero attached hydrogens (tertiary/aromatic N) is 3. The number of aromatic nitrogens is 1. The average molecular weight is 367 g/mol. The van der Waals surface area contributed by atoms with Crippen molar-refractivity contribution in [3.8, 4) is 0 Å². The predicted molar refractivity (Wildman–Crippen MR) is 107 cm³/mol. The minimum Gasteiger partial charge on any atom is -0.342 e. The van der Waals surface area contributed by atoms with E-state index in [0.29, 0.717) is 18.8 Å². The van der Waals surface area contributed by atoms with Crippen molar-refractivity contribution in [3.05, 3.63) is 35.5 Å². The van der Waals surface area contributed by atoms with Crippen molar-refractivity contribution in [3.63, 3.8) is 0 Å². The summed E-state index contributed by atoms with van der Waals surface area (Å²) in [6.07, 6.45) is 5.44. The van der Waals surface area contributed by atoms with Gasteiger partial charge >= 0.3 is 0 Å². The van der Waals surface area contributed by atoms with Crippen LogP contribution in [0.5, 0.6) is 0 Å². The molecule has 0 unspecified atom stereocenters. The van der Waals surface area contributed by atoms with Gasteiger partial charge in [-0.3, -0.25) is 9.59 Å². The summed E-state index contributed by atoms with van der Waals surface area (Å²) in [5, 5.41) is 1.09. The van der Waals surface area contributed by atoms with Gasteiger partial charge in [-0.2, -0.15) is 0 Å². The highest BCUT2D eigenvalue weighted by Crippen LogP contribution is 2.25. The maximum Gasteiger partial charge on any atom is 0.270 e. The maximum absolute atomic E-state index is 13.1. The Morgan fingerprint density at radius 3 is 2.44 bits per heavy atom. The molecule has 2 aliphatic rings. The molecule has 0 bridgehead atoms. The first kappa shape index (κ1) is 18.1. The number of rotatable bonds is 2. The molecule has 1 aromatic carbocycles. The highest BCUT2D eigenvalue weighted by molar-refractivity contribution is 5.99. The second kappa shape index (κ2) is 7.37. The zero-order valence-corrected chi connectivity index (χ0v) is 16.4. The first-order valence-electron chi connectivity index (χ1n) is 10.2. The van der Waals surface area contributed by atoms with E-state index in [1.807, 2.05) is 27.5 Å². The molecule has 0 saturated carbocycles. The molecule has 3 heterocycles. The quantitative estimate of drug-likeness (QED) is 0.817. The van der Waals surface area contributed by atoms with E-state index in [-0.39, 0.29) is 17.7 Å². The summed E-state index contributed by atoms with van der Waals surface area (Å²) < 4.78 is 1.97. The Hall–Kier alpha value is -2.30. The van der Waals surface area contributed by atoms with Crippen LogP contribution >= 0.6 is 0 Å². The Labute approximate surface area is 160 Å². The molecule has 5 heteroatoms. The van der Waals surface area contributed by atoms with Gasteiger partial charge in [0.05, 0.1) is 5.92 Å². The molecule has 4 rings (SSSR count). The van der Waals surface area contributed by atoms with Gasteiger partial charge in [-0.25, -0.2) is 0 Å². The van der Waals surface area contributed by atoms with Crippen molar-refractivity contribution >= 4 is 22.7 Å². The fourth-order valence-corrected chi connectivity index (χ4v) is 4.53. The minimum atomic E-state index is -0.0380. The van der Waals surface area contributed by atoms with Crippen molar-refractivity contribution in [1.82, 2.24) is 14.4 Å². The van der Waals surface area contributed by atoms with Gasteiger partial charge in [0, 0.05) is 44.1 Å². The smallest absolute Gasteiger partial charge is 0.270 e. The number of benzene rings is 1. The Morgan fingerprint density at radius 2 is 1.70 bits per heavy atom. The number of hydrogen-bond donors (Lipinski definition) is 0. The van der Waals surface area contributed by atoms with Crippen molar-refractivity contribution in [1.29, 1.82) is 0 Å². The van der Waals surface area contributed by atoms with E-state index in [1.54, 1.807) is 0 Å². The van der Waals surface area contributed by atoms with Gasteiger partial charge < -0.3 is 14.4 Å². The Balaban J connectivity index is 1.48. The Kier molecular flexibility index (Phi) is 4.94. The van der Waals surface area contributed by atoms with Crippen LogP contribution in [-0.4, -0.2) is 52.4 Å². The van der Waals surface area contributed by atoms with Gasteiger partial charge in [-0.1, -0.05) is 24.5 Å². The summed E-state index contributed by atoms with van der Waals surface area (Å²) in [7, 11) is 1.95.